The third-order valence-electron chi connectivity index (χ3n) is 5.72. The molecule has 2 aliphatic heterocycles. The van der Waals surface area contributed by atoms with E-state index in [4.69, 9.17) is 4.74 Å². The van der Waals surface area contributed by atoms with Gasteiger partial charge in [0, 0.05) is 25.0 Å². The van der Waals surface area contributed by atoms with Crippen molar-refractivity contribution in [1.29, 1.82) is 0 Å². The Hall–Kier alpha value is -0.900. The fourth-order valence-corrected chi connectivity index (χ4v) is 4.12. The highest BCUT2D eigenvalue weighted by atomic mass is 16.5. The van der Waals surface area contributed by atoms with Gasteiger partial charge in [0.05, 0.1) is 6.61 Å². The molecule has 0 amide bonds. The molecule has 2 fully saturated rings. The van der Waals surface area contributed by atoms with Crippen molar-refractivity contribution in [3.8, 4) is 0 Å². The van der Waals surface area contributed by atoms with Gasteiger partial charge in [-0.3, -0.25) is 4.90 Å². The van der Waals surface area contributed by atoms with Crippen molar-refractivity contribution in [2.75, 3.05) is 19.7 Å². The number of hydrogen-bond acceptors (Lipinski definition) is 3. The molecule has 1 unspecified atom stereocenters. The predicted molar refractivity (Wildman–Crippen MR) is 89.0 cm³/mol. The van der Waals surface area contributed by atoms with E-state index in [2.05, 4.69) is 34.5 Å². The summed E-state index contributed by atoms with van der Waals surface area (Å²) >= 11 is 0. The van der Waals surface area contributed by atoms with Gasteiger partial charge >= 0.3 is 0 Å². The Kier molecular flexibility index (Phi) is 4.47. The number of fused-ring (bicyclic) bond motifs is 1. The zero-order chi connectivity index (χ0) is 14.8. The van der Waals surface area contributed by atoms with Crippen molar-refractivity contribution in [3.63, 3.8) is 0 Å². The first kappa shape index (κ1) is 14.7. The molecule has 1 aliphatic carbocycles. The van der Waals surface area contributed by atoms with Gasteiger partial charge in [0.1, 0.15) is 6.23 Å². The largest absolute Gasteiger partial charge is 0.361 e. The van der Waals surface area contributed by atoms with Crippen molar-refractivity contribution in [2.45, 2.75) is 63.3 Å². The number of ether oxygens (including phenoxy) is 1. The molecule has 3 nitrogen and oxygen atoms in total. The summed E-state index contributed by atoms with van der Waals surface area (Å²) < 4.78 is 6.44. The predicted octanol–water partition coefficient (Wildman–Crippen LogP) is 2.73. The zero-order valence-electron chi connectivity index (χ0n) is 13.5. The molecule has 0 radical (unpaired) electrons. The molecule has 2 atom stereocenters. The second-order valence-electron chi connectivity index (χ2n) is 7.13. The SMILES string of the molecule is c1ccc2c(c1)CCN(C1CCC1)C(OC[C@@H]1CCCN1)C2. The summed E-state index contributed by atoms with van der Waals surface area (Å²) in [7, 11) is 0. The lowest BCUT2D eigenvalue weighted by Crippen LogP contribution is -2.49. The van der Waals surface area contributed by atoms with Crippen LogP contribution >= 0.6 is 0 Å². The molecule has 0 bridgehead atoms. The first-order chi connectivity index (χ1) is 10.9. The van der Waals surface area contributed by atoms with Crippen molar-refractivity contribution < 1.29 is 4.74 Å². The zero-order valence-corrected chi connectivity index (χ0v) is 13.5. The van der Waals surface area contributed by atoms with Crippen LogP contribution in [0.25, 0.3) is 0 Å². The Balaban J connectivity index is 1.47. The number of hydrogen-bond donors (Lipinski definition) is 1. The first-order valence-corrected chi connectivity index (χ1v) is 9.07. The Morgan fingerprint density at radius 3 is 2.68 bits per heavy atom. The van der Waals surface area contributed by atoms with E-state index >= 15 is 0 Å². The van der Waals surface area contributed by atoms with E-state index in [1.165, 1.54) is 49.7 Å². The molecular formula is C19H28N2O. The molecule has 3 heteroatoms. The molecule has 1 N–H and O–H groups in total. The third-order valence-corrected chi connectivity index (χ3v) is 5.72. The van der Waals surface area contributed by atoms with Crippen LogP contribution in [0.15, 0.2) is 24.3 Å². The van der Waals surface area contributed by atoms with Crippen molar-refractivity contribution >= 4 is 0 Å². The van der Waals surface area contributed by atoms with Gasteiger partial charge in [0.2, 0.25) is 0 Å². The average molecular weight is 300 g/mol. The topological polar surface area (TPSA) is 24.5 Å². The molecule has 120 valence electrons. The highest BCUT2D eigenvalue weighted by Gasteiger charge is 2.33. The van der Waals surface area contributed by atoms with E-state index in [1.54, 1.807) is 0 Å². The normalized spacial score (nSPS) is 29.8. The molecule has 1 saturated carbocycles. The molecule has 0 aromatic heterocycles. The molecule has 0 spiro atoms. The van der Waals surface area contributed by atoms with Gasteiger partial charge in [-0.2, -0.15) is 0 Å². The summed E-state index contributed by atoms with van der Waals surface area (Å²) in [6.45, 7) is 3.19. The molecule has 4 rings (SSSR count). The minimum Gasteiger partial charge on any atom is -0.361 e. The van der Waals surface area contributed by atoms with Crippen LogP contribution in [-0.2, 0) is 17.6 Å². The van der Waals surface area contributed by atoms with Crippen molar-refractivity contribution in [2.24, 2.45) is 0 Å². The van der Waals surface area contributed by atoms with Gasteiger partial charge < -0.3 is 10.1 Å². The van der Waals surface area contributed by atoms with Crippen molar-refractivity contribution in [3.05, 3.63) is 35.4 Å². The minimum absolute atomic E-state index is 0.274. The molecule has 2 heterocycles. The smallest absolute Gasteiger partial charge is 0.115 e. The van der Waals surface area contributed by atoms with Crippen LogP contribution in [0, 0.1) is 0 Å². The molecular weight excluding hydrogens is 272 g/mol. The van der Waals surface area contributed by atoms with E-state index in [0.717, 1.165) is 32.2 Å². The second kappa shape index (κ2) is 6.69. The van der Waals surface area contributed by atoms with E-state index in [0.29, 0.717) is 6.04 Å². The summed E-state index contributed by atoms with van der Waals surface area (Å²) in [6, 6.07) is 10.3. The summed E-state index contributed by atoms with van der Waals surface area (Å²) in [5.41, 5.74) is 3.02. The Bertz CT molecular complexity index is 494. The highest BCUT2D eigenvalue weighted by Crippen LogP contribution is 2.31. The van der Waals surface area contributed by atoms with Crippen LogP contribution in [0.3, 0.4) is 0 Å². The number of nitrogens with one attached hydrogen (secondary N) is 1. The van der Waals surface area contributed by atoms with E-state index in [9.17, 15) is 0 Å². The Labute approximate surface area is 134 Å². The molecule has 1 saturated heterocycles. The highest BCUT2D eigenvalue weighted by molar-refractivity contribution is 5.29. The third kappa shape index (κ3) is 3.08. The fourth-order valence-electron chi connectivity index (χ4n) is 4.12. The van der Waals surface area contributed by atoms with Crippen LogP contribution in [0.1, 0.15) is 43.2 Å². The Morgan fingerprint density at radius 2 is 1.95 bits per heavy atom. The maximum absolute atomic E-state index is 6.44. The van der Waals surface area contributed by atoms with Gasteiger partial charge in [-0.05, 0) is 49.8 Å². The van der Waals surface area contributed by atoms with Crippen molar-refractivity contribution in [1.82, 2.24) is 10.2 Å². The monoisotopic (exact) mass is 300 g/mol. The van der Waals surface area contributed by atoms with Crippen LogP contribution < -0.4 is 5.32 Å². The van der Waals surface area contributed by atoms with Gasteiger partial charge in [0.25, 0.3) is 0 Å². The standard InChI is InChI=1S/C19H28N2O/c1-2-6-16-13-19(22-14-17-7-4-11-20-17)21(18-8-3-9-18)12-10-15(16)5-1/h1-2,5-6,17-20H,3-4,7-14H2/t17-,19?/m0/s1. The van der Waals surface area contributed by atoms with Crippen LogP contribution in [0.4, 0.5) is 0 Å². The summed E-state index contributed by atoms with van der Waals surface area (Å²) in [4.78, 5) is 2.67. The maximum Gasteiger partial charge on any atom is 0.115 e. The van der Waals surface area contributed by atoms with E-state index in [-0.39, 0.29) is 6.23 Å². The lowest BCUT2D eigenvalue weighted by atomic mass is 9.91. The van der Waals surface area contributed by atoms with Crippen LogP contribution in [-0.4, -0.2) is 42.9 Å². The number of benzene rings is 1. The minimum atomic E-state index is 0.274. The van der Waals surface area contributed by atoms with Gasteiger partial charge in [-0.25, -0.2) is 0 Å². The lowest BCUT2D eigenvalue weighted by Gasteiger charge is -2.41. The fraction of sp³-hybridized carbons (Fsp3) is 0.684. The van der Waals surface area contributed by atoms with Gasteiger partial charge in [-0.15, -0.1) is 0 Å². The van der Waals surface area contributed by atoms with E-state index < -0.39 is 0 Å². The average Bonchev–Trinajstić information content (AvgIpc) is 2.94. The summed E-state index contributed by atoms with van der Waals surface area (Å²) in [5.74, 6) is 0. The quantitative estimate of drug-likeness (QED) is 0.925. The number of nitrogens with zero attached hydrogens (tertiary/aromatic N) is 1. The van der Waals surface area contributed by atoms with Crippen LogP contribution in [0.2, 0.25) is 0 Å². The summed E-state index contributed by atoms with van der Waals surface area (Å²) in [6.07, 6.45) is 9.19. The second-order valence-corrected chi connectivity index (χ2v) is 7.13. The molecule has 1 aromatic rings. The maximum atomic E-state index is 6.44. The number of rotatable bonds is 4. The molecule has 22 heavy (non-hydrogen) atoms. The van der Waals surface area contributed by atoms with Crippen LogP contribution in [0.5, 0.6) is 0 Å². The summed E-state index contributed by atoms with van der Waals surface area (Å²) in [5, 5.41) is 3.56. The Morgan fingerprint density at radius 1 is 1.09 bits per heavy atom. The van der Waals surface area contributed by atoms with Gasteiger partial charge in [0.15, 0.2) is 0 Å². The molecule has 1 aromatic carbocycles. The first-order valence-electron chi connectivity index (χ1n) is 9.07. The van der Waals surface area contributed by atoms with E-state index in [1.807, 2.05) is 0 Å². The van der Waals surface area contributed by atoms with Gasteiger partial charge in [-0.1, -0.05) is 30.7 Å². The molecule has 3 aliphatic rings. The lowest BCUT2D eigenvalue weighted by molar-refractivity contribution is -0.0937.